The van der Waals surface area contributed by atoms with Crippen molar-refractivity contribution in [2.75, 3.05) is 0 Å². The summed E-state index contributed by atoms with van der Waals surface area (Å²) in [7, 11) is 0. The first-order chi connectivity index (χ1) is 10.7. The highest BCUT2D eigenvalue weighted by Crippen LogP contribution is 2.35. The second-order valence-electron chi connectivity index (χ2n) is 5.08. The van der Waals surface area contributed by atoms with Crippen molar-refractivity contribution in [3.8, 4) is 11.1 Å². The quantitative estimate of drug-likeness (QED) is 0.378. The van der Waals surface area contributed by atoms with E-state index in [1.165, 1.54) is 6.07 Å². The molecule has 0 N–H and O–H groups in total. The second kappa shape index (κ2) is 4.70. The molecular weight excluding hydrogens is 278 g/mol. The first-order valence-electron chi connectivity index (χ1n) is 6.89. The van der Waals surface area contributed by atoms with Gasteiger partial charge in [-0.1, -0.05) is 36.4 Å². The average Bonchev–Trinajstić information content (AvgIpc) is 2.92. The number of nitrogens with zero attached hydrogens (tertiary/aromatic N) is 1. The highest BCUT2D eigenvalue weighted by atomic mass is 16.6. The largest absolute Gasteiger partial charge is 0.456 e. The van der Waals surface area contributed by atoms with Crippen molar-refractivity contribution in [2.24, 2.45) is 0 Å². The van der Waals surface area contributed by atoms with Crippen LogP contribution in [0.15, 0.2) is 71.1 Å². The van der Waals surface area contributed by atoms with Crippen LogP contribution < -0.4 is 0 Å². The number of furan rings is 1. The molecule has 106 valence electrons. The van der Waals surface area contributed by atoms with Gasteiger partial charge in [0.05, 0.1) is 10.5 Å². The monoisotopic (exact) mass is 289 g/mol. The van der Waals surface area contributed by atoms with Gasteiger partial charge in [-0.15, -0.1) is 0 Å². The third-order valence-corrected chi connectivity index (χ3v) is 3.79. The fourth-order valence-corrected chi connectivity index (χ4v) is 2.77. The Balaban J connectivity index is 1.97. The highest BCUT2D eigenvalue weighted by molar-refractivity contribution is 6.06. The highest BCUT2D eigenvalue weighted by Gasteiger charge is 2.15. The van der Waals surface area contributed by atoms with Crippen LogP contribution in [-0.2, 0) is 0 Å². The molecule has 0 atom stereocenters. The van der Waals surface area contributed by atoms with Crippen LogP contribution >= 0.6 is 0 Å². The third-order valence-electron chi connectivity index (χ3n) is 3.79. The average molecular weight is 289 g/mol. The summed E-state index contributed by atoms with van der Waals surface area (Å²) in [4.78, 5) is 10.8. The Bertz CT molecular complexity index is 1020. The van der Waals surface area contributed by atoms with Crippen molar-refractivity contribution in [3.05, 3.63) is 76.8 Å². The molecule has 0 fully saturated rings. The smallest absolute Gasteiger partial charge is 0.277 e. The van der Waals surface area contributed by atoms with E-state index in [-0.39, 0.29) is 10.6 Å². The molecule has 0 unspecified atom stereocenters. The minimum atomic E-state index is -0.363. The first-order valence-corrected chi connectivity index (χ1v) is 6.89. The van der Waals surface area contributed by atoms with Gasteiger partial charge in [0.15, 0.2) is 0 Å². The number of nitro benzene ring substituents is 1. The predicted octanol–water partition coefficient (Wildman–Crippen LogP) is 5.16. The molecule has 4 nitrogen and oxygen atoms in total. The number of benzene rings is 3. The van der Waals surface area contributed by atoms with E-state index in [9.17, 15) is 10.1 Å². The predicted molar refractivity (Wildman–Crippen MR) is 85.8 cm³/mol. The molecule has 0 aliphatic heterocycles. The number of rotatable bonds is 2. The summed E-state index contributed by atoms with van der Waals surface area (Å²) in [6, 6.07) is 20.2. The lowest BCUT2D eigenvalue weighted by atomic mass is 10.0. The lowest BCUT2D eigenvalue weighted by molar-refractivity contribution is -0.384. The van der Waals surface area contributed by atoms with Crippen LogP contribution in [0.5, 0.6) is 0 Å². The maximum absolute atomic E-state index is 11.2. The van der Waals surface area contributed by atoms with E-state index in [1.54, 1.807) is 18.2 Å². The second-order valence-corrected chi connectivity index (χ2v) is 5.08. The summed E-state index contributed by atoms with van der Waals surface area (Å²) in [5.41, 5.74) is 3.01. The summed E-state index contributed by atoms with van der Waals surface area (Å²) in [5, 5.41) is 13.2. The molecule has 0 amide bonds. The lowest BCUT2D eigenvalue weighted by Gasteiger charge is -2.02. The summed E-state index contributed by atoms with van der Waals surface area (Å²) in [6.07, 6.45) is 0. The zero-order chi connectivity index (χ0) is 15.1. The van der Waals surface area contributed by atoms with Crippen molar-refractivity contribution in [2.45, 2.75) is 0 Å². The maximum Gasteiger partial charge on any atom is 0.277 e. The number of hydrogen-bond acceptors (Lipinski definition) is 3. The van der Waals surface area contributed by atoms with E-state index in [4.69, 9.17) is 4.42 Å². The van der Waals surface area contributed by atoms with E-state index < -0.39 is 0 Å². The molecule has 0 radical (unpaired) electrons. The summed E-state index contributed by atoms with van der Waals surface area (Å²) in [5.74, 6) is 0. The van der Waals surface area contributed by atoms with Crippen molar-refractivity contribution in [3.63, 3.8) is 0 Å². The summed E-state index contributed by atoms with van der Waals surface area (Å²) in [6.45, 7) is 0. The maximum atomic E-state index is 11.2. The lowest BCUT2D eigenvalue weighted by Crippen LogP contribution is -1.91. The molecule has 22 heavy (non-hydrogen) atoms. The van der Waals surface area contributed by atoms with Gasteiger partial charge in [-0.05, 0) is 29.8 Å². The minimum absolute atomic E-state index is 0.0953. The molecule has 0 aliphatic carbocycles. The zero-order valence-electron chi connectivity index (χ0n) is 11.5. The van der Waals surface area contributed by atoms with Gasteiger partial charge in [-0.25, -0.2) is 0 Å². The van der Waals surface area contributed by atoms with Crippen LogP contribution in [-0.4, -0.2) is 4.92 Å². The van der Waals surface area contributed by atoms with Crippen molar-refractivity contribution >= 4 is 27.6 Å². The van der Waals surface area contributed by atoms with Crippen molar-refractivity contribution in [1.82, 2.24) is 0 Å². The van der Waals surface area contributed by atoms with E-state index in [0.717, 1.165) is 27.5 Å². The van der Waals surface area contributed by atoms with Crippen LogP contribution in [0.4, 0.5) is 5.69 Å². The molecule has 1 heterocycles. The van der Waals surface area contributed by atoms with Crippen LogP contribution in [0.1, 0.15) is 0 Å². The van der Waals surface area contributed by atoms with E-state index in [0.29, 0.717) is 5.56 Å². The van der Waals surface area contributed by atoms with Gasteiger partial charge in [0.1, 0.15) is 11.2 Å². The molecule has 4 heteroatoms. The Hall–Kier alpha value is -3.14. The zero-order valence-corrected chi connectivity index (χ0v) is 11.5. The van der Waals surface area contributed by atoms with Gasteiger partial charge < -0.3 is 4.42 Å². The Morgan fingerprint density at radius 2 is 1.55 bits per heavy atom. The third kappa shape index (κ3) is 1.85. The Morgan fingerprint density at radius 1 is 0.818 bits per heavy atom. The van der Waals surface area contributed by atoms with E-state index >= 15 is 0 Å². The Morgan fingerprint density at radius 3 is 2.41 bits per heavy atom. The molecule has 0 spiro atoms. The van der Waals surface area contributed by atoms with E-state index in [2.05, 4.69) is 0 Å². The molecular formula is C18H11NO3. The minimum Gasteiger partial charge on any atom is -0.456 e. The fraction of sp³-hybridized carbons (Fsp3) is 0. The van der Waals surface area contributed by atoms with Crippen LogP contribution in [0, 0.1) is 10.1 Å². The molecule has 4 aromatic rings. The van der Waals surface area contributed by atoms with Crippen molar-refractivity contribution in [1.29, 1.82) is 0 Å². The molecule has 1 aromatic heterocycles. The molecule has 0 bridgehead atoms. The van der Waals surface area contributed by atoms with Crippen molar-refractivity contribution < 1.29 is 9.34 Å². The topological polar surface area (TPSA) is 56.3 Å². The number of hydrogen-bond donors (Lipinski definition) is 0. The Labute approximate surface area is 125 Å². The summed E-state index contributed by atoms with van der Waals surface area (Å²) >= 11 is 0. The fourth-order valence-electron chi connectivity index (χ4n) is 2.77. The molecule has 0 aliphatic rings. The normalized spacial score (nSPS) is 11.1. The molecule has 0 saturated carbocycles. The summed E-state index contributed by atoms with van der Waals surface area (Å²) < 4.78 is 5.85. The SMILES string of the molecule is O=[N+]([O-])c1ccccc1-c1ccc2c(c1)oc1ccccc12. The van der Waals surface area contributed by atoms with Gasteiger partial charge in [0.25, 0.3) is 5.69 Å². The molecule has 4 rings (SSSR count). The molecule has 3 aromatic carbocycles. The van der Waals surface area contributed by atoms with Gasteiger partial charge in [0.2, 0.25) is 0 Å². The standard InChI is InChI=1S/C18H11NO3/c20-19(21)16-7-3-1-5-13(16)12-9-10-15-14-6-2-4-8-17(14)22-18(15)11-12/h1-11H. The van der Waals surface area contributed by atoms with E-state index in [1.807, 2.05) is 42.5 Å². The van der Waals surface area contributed by atoms with Gasteiger partial charge >= 0.3 is 0 Å². The van der Waals surface area contributed by atoms with Gasteiger partial charge in [0, 0.05) is 16.8 Å². The first kappa shape index (κ1) is 12.6. The molecule has 0 saturated heterocycles. The van der Waals surface area contributed by atoms with Crippen LogP contribution in [0.3, 0.4) is 0 Å². The number of fused-ring (bicyclic) bond motifs is 3. The van der Waals surface area contributed by atoms with Crippen LogP contribution in [0.2, 0.25) is 0 Å². The van der Waals surface area contributed by atoms with Crippen LogP contribution in [0.25, 0.3) is 33.1 Å². The number of para-hydroxylation sites is 2. The van der Waals surface area contributed by atoms with Gasteiger partial charge in [-0.2, -0.15) is 0 Å². The Kier molecular flexibility index (Phi) is 2.69. The number of nitro groups is 1. The van der Waals surface area contributed by atoms with Gasteiger partial charge in [-0.3, -0.25) is 10.1 Å².